The molecular formula is C31H25ClFN3O4. The summed E-state index contributed by atoms with van der Waals surface area (Å²) in [6, 6.07) is 25.4. The fourth-order valence-corrected chi connectivity index (χ4v) is 4.66. The second-order valence-electron chi connectivity index (χ2n) is 9.45. The molecule has 1 heterocycles. The number of benzene rings is 4. The lowest BCUT2D eigenvalue weighted by atomic mass is 10.00. The predicted octanol–water partition coefficient (Wildman–Crippen LogP) is 6.74. The van der Waals surface area contributed by atoms with Gasteiger partial charge in [0.15, 0.2) is 12.1 Å². The van der Waals surface area contributed by atoms with E-state index in [0.717, 1.165) is 11.1 Å². The van der Waals surface area contributed by atoms with Crippen molar-refractivity contribution in [3.05, 3.63) is 130 Å². The summed E-state index contributed by atoms with van der Waals surface area (Å²) in [6.07, 6.45) is -1.59. The average molecular weight is 558 g/mol. The molecule has 1 saturated heterocycles. The lowest BCUT2D eigenvalue weighted by Crippen LogP contribution is -2.43. The molecule has 40 heavy (non-hydrogen) atoms. The summed E-state index contributed by atoms with van der Waals surface area (Å²) < 4.78 is 19.5. The second kappa shape index (κ2) is 11.6. The van der Waals surface area contributed by atoms with Gasteiger partial charge in [-0.3, -0.25) is 14.5 Å². The smallest absolute Gasteiger partial charge is 0.411 e. The zero-order chi connectivity index (χ0) is 28.2. The molecule has 1 fully saturated rings. The van der Waals surface area contributed by atoms with Gasteiger partial charge in [-0.1, -0.05) is 65.7 Å². The van der Waals surface area contributed by atoms with E-state index in [1.54, 1.807) is 54.6 Å². The summed E-state index contributed by atoms with van der Waals surface area (Å²) in [5.41, 5.74) is 3.62. The first-order valence-electron chi connectivity index (χ1n) is 12.5. The molecule has 0 unspecified atom stereocenters. The maximum absolute atomic E-state index is 13.8. The zero-order valence-electron chi connectivity index (χ0n) is 21.4. The highest BCUT2D eigenvalue weighted by atomic mass is 35.5. The molecule has 3 amide bonds. The van der Waals surface area contributed by atoms with Gasteiger partial charge in [0, 0.05) is 22.0 Å². The molecular weight excluding hydrogens is 533 g/mol. The van der Waals surface area contributed by atoms with Crippen molar-refractivity contribution in [3.8, 4) is 0 Å². The molecule has 4 aromatic rings. The summed E-state index contributed by atoms with van der Waals surface area (Å²) in [6.45, 7) is 2.10. The summed E-state index contributed by atoms with van der Waals surface area (Å²) in [5, 5.41) is 5.96. The van der Waals surface area contributed by atoms with Gasteiger partial charge in [0.05, 0.1) is 6.54 Å². The number of aryl methyl sites for hydroxylation is 1. The average Bonchev–Trinajstić information content (AvgIpc) is 3.26. The number of carbonyl (C=O) groups is 3. The monoisotopic (exact) mass is 557 g/mol. The Morgan fingerprint density at radius 2 is 1.62 bits per heavy atom. The number of cyclic esters (lactones) is 1. The summed E-state index contributed by atoms with van der Waals surface area (Å²) in [7, 11) is 0. The number of carbonyl (C=O) groups excluding carboxylic acids is 3. The Labute approximate surface area is 235 Å². The van der Waals surface area contributed by atoms with E-state index in [9.17, 15) is 18.8 Å². The van der Waals surface area contributed by atoms with E-state index in [4.69, 9.17) is 16.3 Å². The van der Waals surface area contributed by atoms with Crippen molar-refractivity contribution in [1.82, 2.24) is 4.90 Å². The lowest BCUT2D eigenvalue weighted by Gasteiger charge is -2.24. The Morgan fingerprint density at radius 3 is 2.33 bits per heavy atom. The summed E-state index contributed by atoms with van der Waals surface area (Å²) >= 11 is 5.99. The molecule has 0 aromatic heterocycles. The fraction of sp³-hybridized carbons (Fsp3) is 0.129. The van der Waals surface area contributed by atoms with Crippen molar-refractivity contribution in [2.75, 3.05) is 10.6 Å². The molecule has 0 spiro atoms. The molecule has 1 aliphatic heterocycles. The van der Waals surface area contributed by atoms with E-state index in [-0.39, 0.29) is 18.1 Å². The van der Waals surface area contributed by atoms with Crippen LogP contribution in [0.15, 0.2) is 97.1 Å². The molecule has 7 nitrogen and oxygen atoms in total. The maximum Gasteiger partial charge on any atom is 0.411 e. The van der Waals surface area contributed by atoms with Gasteiger partial charge in [-0.25, -0.2) is 9.18 Å². The van der Waals surface area contributed by atoms with Crippen LogP contribution in [0.1, 0.15) is 33.2 Å². The molecule has 0 aliphatic carbocycles. The quantitative estimate of drug-likeness (QED) is 0.263. The predicted molar refractivity (Wildman–Crippen MR) is 151 cm³/mol. The Bertz CT molecular complexity index is 1560. The minimum Gasteiger partial charge on any atom is -0.438 e. The highest BCUT2D eigenvalue weighted by molar-refractivity contribution is 6.31. The minimum absolute atomic E-state index is 0.143. The van der Waals surface area contributed by atoms with Crippen LogP contribution in [0, 0.1) is 12.7 Å². The van der Waals surface area contributed by atoms with Crippen LogP contribution in [0.4, 0.5) is 20.6 Å². The number of rotatable bonds is 7. The fourth-order valence-electron chi connectivity index (χ4n) is 4.47. The van der Waals surface area contributed by atoms with Crippen molar-refractivity contribution in [2.24, 2.45) is 0 Å². The van der Waals surface area contributed by atoms with E-state index in [0.29, 0.717) is 21.8 Å². The van der Waals surface area contributed by atoms with Gasteiger partial charge in [-0.2, -0.15) is 0 Å². The molecule has 2 atom stereocenters. The topological polar surface area (TPSA) is 87.7 Å². The van der Waals surface area contributed by atoms with Gasteiger partial charge < -0.3 is 15.4 Å². The molecule has 2 N–H and O–H groups in total. The van der Waals surface area contributed by atoms with Crippen LogP contribution in [-0.2, 0) is 16.1 Å². The first kappa shape index (κ1) is 26.9. The number of nitrogens with one attached hydrogen (secondary N) is 2. The second-order valence-corrected chi connectivity index (χ2v) is 9.89. The normalized spacial score (nSPS) is 16.4. The van der Waals surface area contributed by atoms with Gasteiger partial charge >= 0.3 is 6.09 Å². The van der Waals surface area contributed by atoms with E-state index < -0.39 is 30.0 Å². The molecule has 0 bridgehead atoms. The van der Waals surface area contributed by atoms with Crippen molar-refractivity contribution in [3.63, 3.8) is 0 Å². The third kappa shape index (κ3) is 6.13. The number of hydrogen-bond acceptors (Lipinski definition) is 4. The molecule has 4 aromatic carbocycles. The lowest BCUT2D eigenvalue weighted by molar-refractivity contribution is -0.121. The van der Waals surface area contributed by atoms with E-state index in [1.807, 2.05) is 31.2 Å². The molecule has 202 valence electrons. The standard InChI is InChI=1S/C31H25ClFN3O4/c1-19-8-10-20(11-9-19)18-36-27(30(38)35-26-7-3-6-24(33)17-26)28(40-31(36)39)21-12-14-25(15-13-21)34-29(37)22-4-2-5-23(32)16-22/h2-17,27-28H,18H2,1H3,(H,34,37)(H,35,38)/t27-,28-/m0/s1. The van der Waals surface area contributed by atoms with Crippen LogP contribution >= 0.6 is 11.6 Å². The Kier molecular flexibility index (Phi) is 7.79. The van der Waals surface area contributed by atoms with Crippen LogP contribution in [0.2, 0.25) is 5.02 Å². The summed E-state index contributed by atoms with van der Waals surface area (Å²) in [5.74, 6) is -1.36. The van der Waals surface area contributed by atoms with Gasteiger partial charge in [-0.15, -0.1) is 0 Å². The first-order valence-corrected chi connectivity index (χ1v) is 12.9. The first-order chi connectivity index (χ1) is 19.3. The maximum atomic E-state index is 13.8. The number of ether oxygens (including phenoxy) is 1. The molecule has 0 radical (unpaired) electrons. The SMILES string of the molecule is Cc1ccc(CN2C(=O)O[C@@H](c3ccc(NC(=O)c4cccc(Cl)c4)cc3)[C@H]2C(=O)Nc2cccc(F)c2)cc1. The Morgan fingerprint density at radius 1 is 0.900 bits per heavy atom. The van der Waals surface area contributed by atoms with E-state index in [1.165, 1.54) is 23.1 Å². The zero-order valence-corrected chi connectivity index (χ0v) is 22.2. The molecule has 9 heteroatoms. The van der Waals surface area contributed by atoms with Gasteiger partial charge in [0.25, 0.3) is 11.8 Å². The van der Waals surface area contributed by atoms with Crippen LogP contribution in [0.25, 0.3) is 0 Å². The van der Waals surface area contributed by atoms with Crippen molar-refractivity contribution in [1.29, 1.82) is 0 Å². The highest BCUT2D eigenvalue weighted by Gasteiger charge is 2.47. The molecule has 5 rings (SSSR count). The van der Waals surface area contributed by atoms with E-state index in [2.05, 4.69) is 10.6 Å². The number of hydrogen-bond donors (Lipinski definition) is 2. The number of halogens is 2. The van der Waals surface area contributed by atoms with Crippen molar-refractivity contribution >= 4 is 40.9 Å². The van der Waals surface area contributed by atoms with Crippen molar-refractivity contribution in [2.45, 2.75) is 25.6 Å². The molecule has 0 saturated carbocycles. The number of anilines is 2. The summed E-state index contributed by atoms with van der Waals surface area (Å²) in [4.78, 5) is 40.5. The largest absolute Gasteiger partial charge is 0.438 e. The van der Waals surface area contributed by atoms with Gasteiger partial charge in [0.1, 0.15) is 5.82 Å². The number of nitrogens with zero attached hydrogens (tertiary/aromatic N) is 1. The van der Waals surface area contributed by atoms with Crippen LogP contribution in [-0.4, -0.2) is 28.8 Å². The highest BCUT2D eigenvalue weighted by Crippen LogP contribution is 2.35. The van der Waals surface area contributed by atoms with Crippen LogP contribution in [0.5, 0.6) is 0 Å². The minimum atomic E-state index is -1.04. The van der Waals surface area contributed by atoms with E-state index >= 15 is 0 Å². The number of amides is 3. The van der Waals surface area contributed by atoms with Crippen LogP contribution < -0.4 is 10.6 Å². The third-order valence-corrected chi connectivity index (χ3v) is 6.74. The third-order valence-electron chi connectivity index (χ3n) is 6.50. The van der Waals surface area contributed by atoms with Crippen LogP contribution in [0.3, 0.4) is 0 Å². The molecule has 1 aliphatic rings. The van der Waals surface area contributed by atoms with Gasteiger partial charge in [-0.05, 0) is 66.6 Å². The Hall–Kier alpha value is -4.69. The van der Waals surface area contributed by atoms with Gasteiger partial charge in [0.2, 0.25) is 0 Å². The Balaban J connectivity index is 1.39. The van der Waals surface area contributed by atoms with Crippen molar-refractivity contribution < 1.29 is 23.5 Å².